The molecule has 0 aromatic heterocycles. The summed E-state index contributed by atoms with van der Waals surface area (Å²) < 4.78 is 5.83. The van der Waals surface area contributed by atoms with Gasteiger partial charge in [0.2, 0.25) is 0 Å². The first-order valence-corrected chi connectivity index (χ1v) is 11.3. The maximum atomic E-state index is 13.0. The van der Waals surface area contributed by atoms with Crippen molar-refractivity contribution in [3.05, 3.63) is 41.0 Å². The Kier molecular flexibility index (Phi) is 6.81. The number of carbonyl (C=O) groups is 1. The molecule has 1 aromatic rings. The lowest BCUT2D eigenvalue weighted by Crippen LogP contribution is -2.32. The molecule has 2 aliphatic carbocycles. The lowest BCUT2D eigenvalue weighted by Gasteiger charge is -2.31. The van der Waals surface area contributed by atoms with E-state index in [1.54, 1.807) is 0 Å². The van der Waals surface area contributed by atoms with Crippen LogP contribution in [0.4, 0.5) is 0 Å². The van der Waals surface area contributed by atoms with E-state index < -0.39 is 0 Å². The number of ketones is 1. The van der Waals surface area contributed by atoms with Crippen LogP contribution in [-0.2, 0) is 16.1 Å². The summed E-state index contributed by atoms with van der Waals surface area (Å²) in [4.78, 5) is 13.0. The van der Waals surface area contributed by atoms with Crippen LogP contribution in [0.3, 0.4) is 0 Å². The van der Waals surface area contributed by atoms with Crippen molar-refractivity contribution < 1.29 is 9.53 Å². The van der Waals surface area contributed by atoms with Crippen LogP contribution in [0, 0.1) is 16.7 Å². The Bertz CT molecular complexity index is 698. The first-order valence-electron chi connectivity index (χ1n) is 11.3. The monoisotopic (exact) mass is 382 g/mol. The molecule has 0 aliphatic heterocycles. The molecule has 2 atom stereocenters. The smallest absolute Gasteiger partial charge is 0.165 e. The lowest BCUT2D eigenvalue weighted by atomic mass is 9.70. The number of carbonyl (C=O) groups excluding carboxylic acids is 1. The van der Waals surface area contributed by atoms with Crippen LogP contribution in [0.2, 0.25) is 0 Å². The average molecular weight is 383 g/mol. The first kappa shape index (κ1) is 21.3. The Balaban J connectivity index is 1.49. The first-order chi connectivity index (χ1) is 13.4. The predicted molar refractivity (Wildman–Crippen MR) is 117 cm³/mol. The van der Waals surface area contributed by atoms with Crippen molar-refractivity contribution in [2.45, 2.75) is 85.7 Å². The van der Waals surface area contributed by atoms with Gasteiger partial charge < -0.3 is 4.74 Å². The van der Waals surface area contributed by atoms with Crippen molar-refractivity contribution in [1.29, 1.82) is 0 Å². The number of benzene rings is 1. The van der Waals surface area contributed by atoms with Crippen molar-refractivity contribution in [3.8, 4) is 0 Å². The molecule has 0 amide bonds. The largest absolute Gasteiger partial charge is 0.377 e. The van der Waals surface area contributed by atoms with Crippen molar-refractivity contribution in [1.82, 2.24) is 0 Å². The Morgan fingerprint density at radius 1 is 1.04 bits per heavy atom. The van der Waals surface area contributed by atoms with Gasteiger partial charge in [-0.3, -0.25) is 4.79 Å². The van der Waals surface area contributed by atoms with Crippen LogP contribution in [-0.4, -0.2) is 12.4 Å². The molecule has 2 heteroatoms. The van der Waals surface area contributed by atoms with Gasteiger partial charge in [0.1, 0.15) is 0 Å². The summed E-state index contributed by atoms with van der Waals surface area (Å²) in [6.07, 6.45) is 12.1. The van der Waals surface area contributed by atoms with E-state index in [-0.39, 0.29) is 10.8 Å². The summed E-state index contributed by atoms with van der Waals surface area (Å²) >= 11 is 0. The quantitative estimate of drug-likeness (QED) is 0.322. The Morgan fingerprint density at radius 2 is 1.71 bits per heavy atom. The number of Topliss-reactive ketones (excluding diaryl/α,β-unsaturated/α-hetero) is 1. The molecule has 28 heavy (non-hydrogen) atoms. The Morgan fingerprint density at radius 3 is 2.36 bits per heavy atom. The van der Waals surface area contributed by atoms with Gasteiger partial charge in [-0.25, -0.2) is 0 Å². The average Bonchev–Trinajstić information content (AvgIpc) is 2.99. The molecular weight excluding hydrogens is 344 g/mol. The van der Waals surface area contributed by atoms with Gasteiger partial charge in [0.25, 0.3) is 0 Å². The molecule has 2 nitrogen and oxygen atoms in total. The lowest BCUT2D eigenvalue weighted by molar-refractivity contribution is -0.125. The van der Waals surface area contributed by atoms with E-state index in [0.717, 1.165) is 37.0 Å². The third kappa shape index (κ3) is 4.13. The molecular formula is C26H38O2. The molecule has 0 spiro atoms. The molecule has 2 fully saturated rings. The minimum atomic E-state index is -0.173. The highest BCUT2D eigenvalue weighted by Gasteiger charge is 2.63. The van der Waals surface area contributed by atoms with Gasteiger partial charge in [0.05, 0.1) is 6.61 Å². The van der Waals surface area contributed by atoms with Crippen molar-refractivity contribution in [2.75, 3.05) is 6.61 Å². The molecule has 0 saturated heterocycles. The predicted octanol–water partition coefficient (Wildman–Crippen LogP) is 6.97. The van der Waals surface area contributed by atoms with Gasteiger partial charge in [0, 0.05) is 12.0 Å². The van der Waals surface area contributed by atoms with Crippen LogP contribution in [0.5, 0.6) is 0 Å². The van der Waals surface area contributed by atoms with Gasteiger partial charge in [-0.2, -0.15) is 0 Å². The molecule has 2 unspecified atom stereocenters. The highest BCUT2D eigenvalue weighted by Crippen LogP contribution is 2.65. The maximum Gasteiger partial charge on any atom is 0.165 e. The van der Waals surface area contributed by atoms with Crippen LogP contribution in [0.1, 0.15) is 90.2 Å². The van der Waals surface area contributed by atoms with E-state index in [9.17, 15) is 4.79 Å². The Hall–Kier alpha value is -1.41. The zero-order chi connectivity index (χ0) is 20.2. The summed E-state index contributed by atoms with van der Waals surface area (Å²) in [5.41, 5.74) is 3.30. The second kappa shape index (κ2) is 8.95. The second-order valence-electron chi connectivity index (χ2n) is 9.64. The number of allylic oxidation sites excluding steroid dienone is 1. The minimum absolute atomic E-state index is 0.0836. The molecule has 0 heterocycles. The number of fused-ring (bicyclic) bond motifs is 2. The minimum Gasteiger partial charge on any atom is -0.377 e. The SMILES string of the molecule is CCCCCCCCOCc1ccc(/C=C2\C(=O)C3(C)CCC2C3(C)C)cc1. The van der Waals surface area contributed by atoms with E-state index in [0.29, 0.717) is 18.3 Å². The summed E-state index contributed by atoms with van der Waals surface area (Å²) in [5, 5.41) is 0. The van der Waals surface area contributed by atoms with Crippen LogP contribution >= 0.6 is 0 Å². The summed E-state index contributed by atoms with van der Waals surface area (Å²) in [6, 6.07) is 8.53. The van der Waals surface area contributed by atoms with Crippen LogP contribution in [0.25, 0.3) is 6.08 Å². The normalized spacial score (nSPS) is 27.1. The van der Waals surface area contributed by atoms with Crippen molar-refractivity contribution in [3.63, 3.8) is 0 Å². The van der Waals surface area contributed by atoms with Crippen LogP contribution in [0.15, 0.2) is 29.8 Å². The molecule has 0 radical (unpaired) electrons. The van der Waals surface area contributed by atoms with Gasteiger partial charge in [-0.1, -0.05) is 84.1 Å². The zero-order valence-electron chi connectivity index (χ0n) is 18.4. The molecule has 2 bridgehead atoms. The molecule has 1 aromatic carbocycles. The number of ether oxygens (including phenoxy) is 1. The third-order valence-corrected chi connectivity index (χ3v) is 7.58. The van der Waals surface area contributed by atoms with Gasteiger partial charge in [-0.05, 0) is 53.4 Å². The third-order valence-electron chi connectivity index (χ3n) is 7.58. The number of rotatable bonds is 10. The number of unbranched alkanes of at least 4 members (excludes halogenated alkanes) is 5. The summed E-state index contributed by atoms with van der Waals surface area (Å²) in [5.74, 6) is 0.783. The van der Waals surface area contributed by atoms with E-state index in [1.165, 1.54) is 37.7 Å². The van der Waals surface area contributed by atoms with Crippen LogP contribution < -0.4 is 0 Å². The van der Waals surface area contributed by atoms with Gasteiger partial charge in [-0.15, -0.1) is 0 Å². The molecule has 2 saturated carbocycles. The van der Waals surface area contributed by atoms with Gasteiger partial charge >= 0.3 is 0 Å². The van der Waals surface area contributed by atoms with E-state index >= 15 is 0 Å². The highest BCUT2D eigenvalue weighted by atomic mass is 16.5. The van der Waals surface area contributed by atoms with E-state index in [2.05, 4.69) is 58.0 Å². The highest BCUT2D eigenvalue weighted by molar-refractivity contribution is 6.07. The number of hydrogen-bond donors (Lipinski definition) is 0. The van der Waals surface area contributed by atoms with Gasteiger partial charge in [0.15, 0.2) is 5.78 Å². The van der Waals surface area contributed by atoms with E-state index in [1.807, 2.05) is 0 Å². The van der Waals surface area contributed by atoms with Crippen molar-refractivity contribution in [2.24, 2.45) is 16.7 Å². The van der Waals surface area contributed by atoms with E-state index in [4.69, 9.17) is 4.74 Å². The zero-order valence-corrected chi connectivity index (χ0v) is 18.4. The second-order valence-corrected chi connectivity index (χ2v) is 9.64. The summed E-state index contributed by atoms with van der Waals surface area (Å²) in [7, 11) is 0. The Labute approximate surface area is 171 Å². The fourth-order valence-corrected chi connectivity index (χ4v) is 5.16. The maximum absolute atomic E-state index is 13.0. The fraction of sp³-hybridized carbons (Fsp3) is 0.654. The molecule has 2 aliphatic rings. The topological polar surface area (TPSA) is 26.3 Å². The summed E-state index contributed by atoms with van der Waals surface area (Å²) in [6.45, 7) is 10.5. The number of hydrogen-bond acceptors (Lipinski definition) is 2. The van der Waals surface area contributed by atoms with Crippen molar-refractivity contribution >= 4 is 11.9 Å². The molecule has 0 N–H and O–H groups in total. The standard InChI is InChI=1S/C26H38O2/c1-5-6-7-8-9-10-17-28-19-21-13-11-20(12-14-21)18-22-23-15-16-26(4,24(22)27)25(23,2)3/h11-14,18,23H,5-10,15-17,19H2,1-4H3/b22-18-. The molecule has 154 valence electrons. The molecule has 3 rings (SSSR count). The fourth-order valence-electron chi connectivity index (χ4n) is 5.16.